The zero-order chi connectivity index (χ0) is 8.48. The Hall–Kier alpha value is -0.150. The molecule has 1 heterocycles. The van der Waals surface area contributed by atoms with Gasteiger partial charge in [0, 0.05) is 19.0 Å². The van der Waals surface area contributed by atoms with Crippen molar-refractivity contribution < 1.29 is 4.39 Å². The molecule has 2 unspecified atom stereocenters. The molecule has 2 atom stereocenters. The van der Waals surface area contributed by atoms with E-state index in [4.69, 9.17) is 5.73 Å². The summed E-state index contributed by atoms with van der Waals surface area (Å²) in [5.74, 6) is 0.137. The Labute approximate surface area is 67.6 Å². The van der Waals surface area contributed by atoms with E-state index in [1.54, 1.807) is 6.92 Å². The second-order valence-electron chi connectivity index (χ2n) is 3.73. The zero-order valence-electron chi connectivity index (χ0n) is 7.31. The average Bonchev–Trinajstić information content (AvgIpc) is 2.36. The van der Waals surface area contributed by atoms with Crippen LogP contribution in [0.1, 0.15) is 13.3 Å². The molecule has 1 fully saturated rings. The van der Waals surface area contributed by atoms with Crippen LogP contribution in [0.15, 0.2) is 0 Å². The quantitative estimate of drug-likeness (QED) is 0.642. The van der Waals surface area contributed by atoms with E-state index in [1.165, 1.54) is 0 Å². The first-order chi connectivity index (χ1) is 5.06. The molecule has 2 N–H and O–H groups in total. The third kappa shape index (κ3) is 1.91. The van der Waals surface area contributed by atoms with Crippen molar-refractivity contribution in [2.45, 2.75) is 19.0 Å². The van der Waals surface area contributed by atoms with Crippen molar-refractivity contribution in [2.24, 2.45) is 11.7 Å². The van der Waals surface area contributed by atoms with Gasteiger partial charge in [-0.1, -0.05) is 0 Å². The van der Waals surface area contributed by atoms with E-state index >= 15 is 0 Å². The van der Waals surface area contributed by atoms with Crippen LogP contribution in [0, 0.1) is 5.92 Å². The summed E-state index contributed by atoms with van der Waals surface area (Å²) in [7, 11) is 2.02. The third-order valence-corrected chi connectivity index (χ3v) is 2.64. The molecular weight excluding hydrogens is 143 g/mol. The number of alkyl halides is 1. The van der Waals surface area contributed by atoms with Gasteiger partial charge < -0.3 is 10.6 Å². The molecule has 0 aromatic heterocycles. The number of likely N-dealkylation sites (tertiary alicyclic amines) is 1. The molecule has 0 spiro atoms. The lowest BCUT2D eigenvalue weighted by Gasteiger charge is -2.25. The van der Waals surface area contributed by atoms with E-state index in [-0.39, 0.29) is 12.5 Å². The molecular formula is C8H17FN2. The van der Waals surface area contributed by atoms with Crippen LogP contribution in [0.5, 0.6) is 0 Å². The summed E-state index contributed by atoms with van der Waals surface area (Å²) in [6, 6.07) is 0. The molecule has 0 aliphatic carbocycles. The monoisotopic (exact) mass is 160 g/mol. The molecule has 2 nitrogen and oxygen atoms in total. The highest BCUT2D eigenvalue weighted by atomic mass is 19.1. The first-order valence-electron chi connectivity index (χ1n) is 4.14. The molecule has 0 aromatic carbocycles. The summed E-state index contributed by atoms with van der Waals surface area (Å²) in [6.07, 6.45) is 0.945. The Morgan fingerprint density at radius 1 is 1.73 bits per heavy atom. The molecule has 3 heteroatoms. The predicted octanol–water partition coefficient (Wildman–Crippen LogP) is 0.625. The summed E-state index contributed by atoms with van der Waals surface area (Å²) in [4.78, 5) is 2.15. The van der Waals surface area contributed by atoms with Gasteiger partial charge in [-0.3, -0.25) is 0 Å². The topological polar surface area (TPSA) is 29.3 Å². The molecule has 1 rings (SSSR count). The van der Waals surface area contributed by atoms with Gasteiger partial charge in [-0.25, -0.2) is 4.39 Å². The number of hydrogen-bond acceptors (Lipinski definition) is 2. The molecule has 0 bridgehead atoms. The molecule has 0 saturated carbocycles. The maximum atomic E-state index is 13.5. The molecule has 1 aliphatic heterocycles. The molecule has 0 amide bonds. The average molecular weight is 160 g/mol. The fourth-order valence-corrected chi connectivity index (χ4v) is 1.59. The van der Waals surface area contributed by atoms with Crippen molar-refractivity contribution in [1.29, 1.82) is 0 Å². The highest BCUT2D eigenvalue weighted by molar-refractivity contribution is 4.89. The van der Waals surface area contributed by atoms with Crippen LogP contribution < -0.4 is 5.73 Å². The largest absolute Gasteiger partial charge is 0.328 e. The van der Waals surface area contributed by atoms with E-state index in [0.29, 0.717) is 0 Å². The van der Waals surface area contributed by atoms with Crippen molar-refractivity contribution in [3.63, 3.8) is 0 Å². The summed E-state index contributed by atoms with van der Waals surface area (Å²) in [6.45, 7) is 3.61. The fourth-order valence-electron chi connectivity index (χ4n) is 1.59. The van der Waals surface area contributed by atoms with Crippen LogP contribution in [0.2, 0.25) is 0 Å². The number of nitrogens with two attached hydrogens (primary N) is 1. The Balaban J connectivity index is 2.48. The first kappa shape index (κ1) is 8.94. The van der Waals surface area contributed by atoms with Gasteiger partial charge in [-0.05, 0) is 26.9 Å². The standard InChI is InChI=1S/C8H17FN2/c1-8(9,6-10)7-3-4-11(2)5-7/h7H,3-6,10H2,1-2H3. The van der Waals surface area contributed by atoms with Crippen LogP contribution in [0.3, 0.4) is 0 Å². The van der Waals surface area contributed by atoms with Crippen molar-refractivity contribution in [2.75, 3.05) is 26.7 Å². The number of hydrogen-bond donors (Lipinski definition) is 1. The highest BCUT2D eigenvalue weighted by Gasteiger charge is 2.36. The Morgan fingerprint density at radius 3 is 2.73 bits per heavy atom. The van der Waals surface area contributed by atoms with Crippen molar-refractivity contribution >= 4 is 0 Å². The minimum absolute atomic E-state index is 0.137. The van der Waals surface area contributed by atoms with Crippen LogP contribution in [-0.2, 0) is 0 Å². The minimum Gasteiger partial charge on any atom is -0.328 e. The van der Waals surface area contributed by atoms with Gasteiger partial charge in [0.15, 0.2) is 0 Å². The maximum Gasteiger partial charge on any atom is 0.124 e. The Bertz CT molecular complexity index is 136. The van der Waals surface area contributed by atoms with E-state index in [0.717, 1.165) is 19.5 Å². The number of nitrogens with zero attached hydrogens (tertiary/aromatic N) is 1. The van der Waals surface area contributed by atoms with Crippen LogP contribution >= 0.6 is 0 Å². The molecule has 0 aromatic rings. The lowest BCUT2D eigenvalue weighted by atomic mass is 9.90. The Kier molecular flexibility index (Phi) is 2.50. The van der Waals surface area contributed by atoms with Gasteiger partial charge >= 0.3 is 0 Å². The number of rotatable bonds is 2. The summed E-state index contributed by atoms with van der Waals surface area (Å²) >= 11 is 0. The van der Waals surface area contributed by atoms with E-state index in [2.05, 4.69) is 4.90 Å². The second-order valence-corrected chi connectivity index (χ2v) is 3.73. The SMILES string of the molecule is CN1CCC(C(C)(F)CN)C1. The Morgan fingerprint density at radius 2 is 2.36 bits per heavy atom. The first-order valence-corrected chi connectivity index (χ1v) is 4.14. The van der Waals surface area contributed by atoms with Gasteiger partial charge in [-0.15, -0.1) is 0 Å². The summed E-state index contributed by atoms with van der Waals surface area (Å²) in [5, 5.41) is 0. The lowest BCUT2D eigenvalue weighted by Crippen LogP contribution is -2.38. The van der Waals surface area contributed by atoms with Crippen molar-refractivity contribution in [1.82, 2.24) is 4.90 Å². The van der Waals surface area contributed by atoms with Crippen molar-refractivity contribution in [3.05, 3.63) is 0 Å². The molecule has 1 aliphatic rings. The zero-order valence-corrected chi connectivity index (χ0v) is 7.31. The van der Waals surface area contributed by atoms with Crippen LogP contribution in [-0.4, -0.2) is 37.3 Å². The highest BCUT2D eigenvalue weighted by Crippen LogP contribution is 2.28. The summed E-state index contributed by atoms with van der Waals surface area (Å²) in [5.41, 5.74) is 4.18. The molecule has 66 valence electrons. The van der Waals surface area contributed by atoms with E-state index in [9.17, 15) is 4.39 Å². The molecule has 11 heavy (non-hydrogen) atoms. The molecule has 0 radical (unpaired) electrons. The predicted molar refractivity (Wildman–Crippen MR) is 44.2 cm³/mol. The van der Waals surface area contributed by atoms with E-state index in [1.807, 2.05) is 7.05 Å². The van der Waals surface area contributed by atoms with Gasteiger partial charge in [0.1, 0.15) is 5.67 Å². The van der Waals surface area contributed by atoms with Gasteiger partial charge in [0.25, 0.3) is 0 Å². The van der Waals surface area contributed by atoms with Gasteiger partial charge in [0.05, 0.1) is 0 Å². The van der Waals surface area contributed by atoms with Gasteiger partial charge in [0.2, 0.25) is 0 Å². The smallest absolute Gasteiger partial charge is 0.124 e. The molecule has 1 saturated heterocycles. The fraction of sp³-hybridized carbons (Fsp3) is 1.00. The number of halogens is 1. The van der Waals surface area contributed by atoms with Crippen molar-refractivity contribution in [3.8, 4) is 0 Å². The third-order valence-electron chi connectivity index (χ3n) is 2.64. The van der Waals surface area contributed by atoms with Crippen LogP contribution in [0.4, 0.5) is 4.39 Å². The second kappa shape index (κ2) is 3.07. The minimum atomic E-state index is -1.16. The van der Waals surface area contributed by atoms with E-state index < -0.39 is 5.67 Å². The summed E-state index contributed by atoms with van der Waals surface area (Å²) < 4.78 is 13.5. The van der Waals surface area contributed by atoms with Crippen LogP contribution in [0.25, 0.3) is 0 Å². The maximum absolute atomic E-state index is 13.5. The van der Waals surface area contributed by atoms with Gasteiger partial charge in [-0.2, -0.15) is 0 Å². The lowest BCUT2D eigenvalue weighted by molar-refractivity contribution is 0.116. The normalized spacial score (nSPS) is 32.2.